The first-order valence-corrected chi connectivity index (χ1v) is 10.2. The number of carbonyl (C=O) groups is 1. The van der Waals surface area contributed by atoms with Crippen LogP contribution in [0.4, 0.5) is 5.69 Å². The second-order valence-corrected chi connectivity index (χ2v) is 7.60. The average Bonchev–Trinajstić information content (AvgIpc) is 3.25. The number of hydrogen-bond donors (Lipinski definition) is 1. The summed E-state index contributed by atoms with van der Waals surface area (Å²) in [6, 6.07) is 24.6. The fourth-order valence-electron chi connectivity index (χ4n) is 2.69. The van der Waals surface area contributed by atoms with Crippen LogP contribution in [0, 0.1) is 0 Å². The summed E-state index contributed by atoms with van der Waals surface area (Å²) in [7, 11) is 0. The summed E-state index contributed by atoms with van der Waals surface area (Å²) in [6.07, 6.45) is 0. The Kier molecular flexibility index (Phi) is 5.89. The number of thiazole rings is 1. The summed E-state index contributed by atoms with van der Waals surface area (Å²) >= 11 is 7.34. The second kappa shape index (κ2) is 8.90. The molecule has 0 saturated carbocycles. The molecule has 6 heteroatoms. The fraction of sp³-hybridized carbons (Fsp3) is 0.0435. The van der Waals surface area contributed by atoms with Crippen molar-refractivity contribution in [3.8, 4) is 16.3 Å². The van der Waals surface area contributed by atoms with Gasteiger partial charge < -0.3 is 10.1 Å². The van der Waals surface area contributed by atoms with Crippen LogP contribution in [0.2, 0.25) is 5.02 Å². The van der Waals surface area contributed by atoms with Crippen LogP contribution in [0.15, 0.2) is 84.2 Å². The van der Waals surface area contributed by atoms with Gasteiger partial charge in [-0.05, 0) is 42.0 Å². The fourth-order valence-corrected chi connectivity index (χ4v) is 3.62. The number of halogens is 1. The lowest BCUT2D eigenvalue weighted by atomic mass is 10.2. The van der Waals surface area contributed by atoms with E-state index in [4.69, 9.17) is 16.3 Å². The van der Waals surface area contributed by atoms with E-state index in [0.29, 0.717) is 17.3 Å². The maximum Gasteiger partial charge on any atom is 0.275 e. The standard InChI is InChI=1S/C23H17ClN2O2S/c24-18-11-9-16(10-12-18)14-28-20-8-4-5-17(13-20)23-26-21(15-29-23)22(27)25-19-6-2-1-3-7-19/h1-13,15H,14H2,(H,25,27). The molecule has 1 amide bonds. The highest BCUT2D eigenvalue weighted by atomic mass is 35.5. The minimum atomic E-state index is -0.228. The van der Waals surface area contributed by atoms with E-state index >= 15 is 0 Å². The van der Waals surface area contributed by atoms with Crippen molar-refractivity contribution in [3.63, 3.8) is 0 Å². The van der Waals surface area contributed by atoms with E-state index in [-0.39, 0.29) is 5.91 Å². The third kappa shape index (κ3) is 5.02. The molecule has 0 atom stereocenters. The van der Waals surface area contributed by atoms with E-state index in [0.717, 1.165) is 27.6 Å². The molecule has 4 rings (SSSR count). The van der Waals surface area contributed by atoms with E-state index in [1.807, 2.05) is 78.9 Å². The van der Waals surface area contributed by atoms with Crippen LogP contribution in [0.25, 0.3) is 10.6 Å². The zero-order valence-electron chi connectivity index (χ0n) is 15.3. The summed E-state index contributed by atoms with van der Waals surface area (Å²) in [5.41, 5.74) is 3.07. The average molecular weight is 421 g/mol. The van der Waals surface area contributed by atoms with Crippen molar-refractivity contribution in [1.29, 1.82) is 0 Å². The molecule has 29 heavy (non-hydrogen) atoms. The van der Waals surface area contributed by atoms with Crippen LogP contribution < -0.4 is 10.1 Å². The Balaban J connectivity index is 1.44. The highest BCUT2D eigenvalue weighted by molar-refractivity contribution is 7.13. The molecule has 1 N–H and O–H groups in total. The zero-order valence-corrected chi connectivity index (χ0v) is 16.9. The predicted molar refractivity (Wildman–Crippen MR) is 118 cm³/mol. The number of carbonyl (C=O) groups excluding carboxylic acids is 1. The zero-order chi connectivity index (χ0) is 20.1. The number of anilines is 1. The number of rotatable bonds is 6. The molecule has 0 unspecified atom stereocenters. The number of aromatic nitrogens is 1. The van der Waals surface area contributed by atoms with E-state index < -0.39 is 0 Å². The molecule has 0 bridgehead atoms. The lowest BCUT2D eigenvalue weighted by Crippen LogP contribution is -2.12. The maximum atomic E-state index is 12.4. The Morgan fingerprint density at radius 2 is 1.79 bits per heavy atom. The summed E-state index contributed by atoms with van der Waals surface area (Å²) in [5, 5.41) is 6.07. The molecule has 0 aliphatic carbocycles. The number of benzene rings is 3. The molecule has 0 fully saturated rings. The van der Waals surface area contributed by atoms with Gasteiger partial charge in [0.2, 0.25) is 0 Å². The van der Waals surface area contributed by atoms with Crippen LogP contribution >= 0.6 is 22.9 Å². The normalized spacial score (nSPS) is 10.5. The van der Waals surface area contributed by atoms with Crippen molar-refractivity contribution in [2.45, 2.75) is 6.61 Å². The van der Waals surface area contributed by atoms with E-state index in [9.17, 15) is 4.79 Å². The van der Waals surface area contributed by atoms with Crippen LogP contribution in [0.3, 0.4) is 0 Å². The smallest absolute Gasteiger partial charge is 0.275 e. The molecule has 3 aromatic carbocycles. The number of amides is 1. The monoisotopic (exact) mass is 420 g/mol. The first kappa shape index (κ1) is 19.2. The highest BCUT2D eigenvalue weighted by Crippen LogP contribution is 2.27. The van der Waals surface area contributed by atoms with Gasteiger partial charge in [0, 0.05) is 21.7 Å². The predicted octanol–water partition coefficient (Wildman–Crippen LogP) is 6.29. The van der Waals surface area contributed by atoms with Gasteiger partial charge in [0.25, 0.3) is 5.91 Å². The number of nitrogens with zero attached hydrogens (tertiary/aromatic N) is 1. The molecule has 0 radical (unpaired) electrons. The molecule has 1 aromatic heterocycles. The number of para-hydroxylation sites is 1. The molecule has 4 aromatic rings. The van der Waals surface area contributed by atoms with Crippen molar-refractivity contribution in [3.05, 3.63) is 101 Å². The molecule has 1 heterocycles. The van der Waals surface area contributed by atoms with Gasteiger partial charge in [0.05, 0.1) is 0 Å². The summed E-state index contributed by atoms with van der Waals surface area (Å²) in [4.78, 5) is 16.9. The molecular formula is C23H17ClN2O2S. The van der Waals surface area contributed by atoms with E-state index in [1.165, 1.54) is 11.3 Å². The second-order valence-electron chi connectivity index (χ2n) is 6.30. The molecule has 144 valence electrons. The number of nitrogens with one attached hydrogen (secondary N) is 1. The molecule has 0 aliphatic rings. The Morgan fingerprint density at radius 3 is 2.59 bits per heavy atom. The van der Waals surface area contributed by atoms with Crippen molar-refractivity contribution >= 4 is 34.5 Å². The van der Waals surface area contributed by atoms with Crippen molar-refractivity contribution in [1.82, 2.24) is 4.98 Å². The SMILES string of the molecule is O=C(Nc1ccccc1)c1csc(-c2cccc(OCc3ccc(Cl)cc3)c2)n1. The lowest BCUT2D eigenvalue weighted by molar-refractivity contribution is 0.102. The Bertz CT molecular complexity index is 1110. The minimum absolute atomic E-state index is 0.228. The summed E-state index contributed by atoms with van der Waals surface area (Å²) in [6.45, 7) is 0.448. The Morgan fingerprint density at radius 1 is 1.00 bits per heavy atom. The van der Waals surface area contributed by atoms with Gasteiger partial charge >= 0.3 is 0 Å². The van der Waals surface area contributed by atoms with Crippen molar-refractivity contribution in [2.24, 2.45) is 0 Å². The van der Waals surface area contributed by atoms with Gasteiger partial charge in [-0.2, -0.15) is 0 Å². The van der Waals surface area contributed by atoms with Gasteiger partial charge in [-0.1, -0.05) is 54.1 Å². The maximum absolute atomic E-state index is 12.4. The van der Waals surface area contributed by atoms with E-state index in [1.54, 1.807) is 5.38 Å². The van der Waals surface area contributed by atoms with Gasteiger partial charge in [-0.25, -0.2) is 4.98 Å². The Labute approximate surface area is 177 Å². The van der Waals surface area contributed by atoms with Crippen LogP contribution in [-0.2, 0) is 6.61 Å². The van der Waals surface area contributed by atoms with Crippen molar-refractivity contribution < 1.29 is 9.53 Å². The molecule has 0 spiro atoms. The number of ether oxygens (including phenoxy) is 1. The Hall–Kier alpha value is -3.15. The lowest BCUT2D eigenvalue weighted by Gasteiger charge is -2.07. The first-order chi connectivity index (χ1) is 14.2. The van der Waals surface area contributed by atoms with Crippen LogP contribution in [-0.4, -0.2) is 10.9 Å². The molecular weight excluding hydrogens is 404 g/mol. The summed E-state index contributed by atoms with van der Waals surface area (Å²) in [5.74, 6) is 0.511. The van der Waals surface area contributed by atoms with Crippen LogP contribution in [0.5, 0.6) is 5.75 Å². The van der Waals surface area contributed by atoms with Gasteiger partial charge in [-0.15, -0.1) is 11.3 Å². The third-order valence-corrected chi connectivity index (χ3v) is 5.31. The highest BCUT2D eigenvalue weighted by Gasteiger charge is 2.12. The number of hydrogen-bond acceptors (Lipinski definition) is 4. The third-order valence-electron chi connectivity index (χ3n) is 4.17. The topological polar surface area (TPSA) is 51.2 Å². The molecule has 0 aliphatic heterocycles. The van der Waals surface area contributed by atoms with Crippen LogP contribution in [0.1, 0.15) is 16.1 Å². The quantitative estimate of drug-likeness (QED) is 0.398. The van der Waals surface area contributed by atoms with E-state index in [2.05, 4.69) is 10.3 Å². The molecule has 4 nitrogen and oxygen atoms in total. The van der Waals surface area contributed by atoms with Crippen molar-refractivity contribution in [2.75, 3.05) is 5.32 Å². The van der Waals surface area contributed by atoms with Gasteiger partial charge in [-0.3, -0.25) is 4.79 Å². The summed E-state index contributed by atoms with van der Waals surface area (Å²) < 4.78 is 5.88. The van der Waals surface area contributed by atoms with Gasteiger partial charge in [0.15, 0.2) is 0 Å². The minimum Gasteiger partial charge on any atom is -0.489 e. The largest absolute Gasteiger partial charge is 0.489 e. The molecule has 0 saturated heterocycles. The first-order valence-electron chi connectivity index (χ1n) is 8.97. The van der Waals surface area contributed by atoms with Gasteiger partial charge in [0.1, 0.15) is 23.1 Å².